The number of rotatable bonds is 1. The van der Waals surface area contributed by atoms with E-state index >= 15 is 0 Å². The summed E-state index contributed by atoms with van der Waals surface area (Å²) in [5.74, 6) is 0. The van der Waals surface area contributed by atoms with E-state index in [-0.39, 0.29) is 11.4 Å². The standard InChI is InChI=1S/C8H6N4O2/c9-5-4-10-11-6-2-1-3-7(8(5)6)12(13)14/h1-4H,(H2,9,11). The van der Waals surface area contributed by atoms with Gasteiger partial charge in [-0.2, -0.15) is 10.2 Å². The number of nitrogens with two attached hydrogens (primary N) is 1. The Morgan fingerprint density at radius 2 is 2.21 bits per heavy atom. The van der Waals surface area contributed by atoms with Crippen molar-refractivity contribution in [3.63, 3.8) is 0 Å². The van der Waals surface area contributed by atoms with E-state index in [4.69, 9.17) is 5.73 Å². The van der Waals surface area contributed by atoms with E-state index in [1.807, 2.05) is 0 Å². The summed E-state index contributed by atoms with van der Waals surface area (Å²) in [5.41, 5.74) is 6.24. The second-order valence-electron chi connectivity index (χ2n) is 2.73. The highest BCUT2D eigenvalue weighted by Gasteiger charge is 2.14. The van der Waals surface area contributed by atoms with Crippen LogP contribution in [0.25, 0.3) is 10.9 Å². The zero-order valence-electron chi connectivity index (χ0n) is 7.04. The third-order valence-corrected chi connectivity index (χ3v) is 1.87. The molecule has 14 heavy (non-hydrogen) atoms. The van der Waals surface area contributed by atoms with Gasteiger partial charge in [0.1, 0.15) is 10.9 Å². The molecule has 0 radical (unpaired) electrons. The van der Waals surface area contributed by atoms with Crippen LogP contribution in [-0.4, -0.2) is 15.1 Å². The number of aromatic nitrogens is 2. The van der Waals surface area contributed by atoms with Gasteiger partial charge in [0.25, 0.3) is 5.69 Å². The molecule has 1 aromatic carbocycles. The lowest BCUT2D eigenvalue weighted by Crippen LogP contribution is -1.96. The molecule has 70 valence electrons. The molecule has 0 aliphatic heterocycles. The highest BCUT2D eigenvalue weighted by Crippen LogP contribution is 2.27. The molecule has 0 unspecified atom stereocenters. The summed E-state index contributed by atoms with van der Waals surface area (Å²) in [4.78, 5) is 10.2. The molecule has 0 aliphatic rings. The maximum absolute atomic E-state index is 10.7. The number of nitrogens with zero attached hydrogens (tertiary/aromatic N) is 3. The van der Waals surface area contributed by atoms with Crippen LogP contribution in [0.1, 0.15) is 0 Å². The highest BCUT2D eigenvalue weighted by molar-refractivity contribution is 5.96. The minimum absolute atomic E-state index is 0.0464. The zero-order valence-corrected chi connectivity index (χ0v) is 7.04. The molecule has 0 atom stereocenters. The van der Waals surface area contributed by atoms with E-state index in [1.165, 1.54) is 12.3 Å². The molecular weight excluding hydrogens is 184 g/mol. The lowest BCUT2D eigenvalue weighted by molar-refractivity contribution is -0.383. The van der Waals surface area contributed by atoms with Crippen molar-refractivity contribution in [2.24, 2.45) is 0 Å². The van der Waals surface area contributed by atoms with Gasteiger partial charge in [0.2, 0.25) is 0 Å². The molecule has 0 fully saturated rings. The average molecular weight is 190 g/mol. The van der Waals surface area contributed by atoms with Gasteiger partial charge in [0.05, 0.1) is 16.8 Å². The van der Waals surface area contributed by atoms with Crippen molar-refractivity contribution < 1.29 is 4.92 Å². The Kier molecular flexibility index (Phi) is 1.74. The molecule has 2 N–H and O–H groups in total. The minimum atomic E-state index is -0.486. The fourth-order valence-electron chi connectivity index (χ4n) is 1.28. The topological polar surface area (TPSA) is 94.9 Å². The summed E-state index contributed by atoms with van der Waals surface area (Å²) in [7, 11) is 0. The van der Waals surface area contributed by atoms with E-state index < -0.39 is 4.92 Å². The Morgan fingerprint density at radius 3 is 2.93 bits per heavy atom. The Morgan fingerprint density at radius 1 is 1.43 bits per heavy atom. The molecule has 2 rings (SSSR count). The smallest absolute Gasteiger partial charge is 0.280 e. The number of nitro benzene ring substituents is 1. The largest absolute Gasteiger partial charge is 0.397 e. The van der Waals surface area contributed by atoms with Crippen LogP contribution in [0.15, 0.2) is 24.4 Å². The first-order valence-corrected chi connectivity index (χ1v) is 3.84. The Bertz CT molecular complexity index is 506. The first-order valence-electron chi connectivity index (χ1n) is 3.84. The number of benzene rings is 1. The summed E-state index contributed by atoms with van der Waals surface area (Å²) >= 11 is 0. The molecule has 6 heteroatoms. The van der Waals surface area contributed by atoms with Gasteiger partial charge in [-0.25, -0.2) is 0 Å². The normalized spacial score (nSPS) is 10.3. The lowest BCUT2D eigenvalue weighted by Gasteiger charge is -1.99. The van der Waals surface area contributed by atoms with E-state index in [0.717, 1.165) is 0 Å². The van der Waals surface area contributed by atoms with Crippen molar-refractivity contribution in [1.82, 2.24) is 10.2 Å². The van der Waals surface area contributed by atoms with Crippen LogP contribution in [0, 0.1) is 10.1 Å². The Labute approximate surface area is 78.5 Å². The van der Waals surface area contributed by atoms with Gasteiger partial charge in [-0.05, 0) is 6.07 Å². The molecule has 0 bridgehead atoms. The first kappa shape index (κ1) is 8.36. The van der Waals surface area contributed by atoms with E-state index in [9.17, 15) is 10.1 Å². The number of fused-ring (bicyclic) bond motifs is 1. The third kappa shape index (κ3) is 1.13. The van der Waals surface area contributed by atoms with Crippen LogP contribution in [0.4, 0.5) is 11.4 Å². The van der Waals surface area contributed by atoms with Gasteiger partial charge < -0.3 is 5.73 Å². The molecule has 0 saturated carbocycles. The predicted molar refractivity (Wildman–Crippen MR) is 50.6 cm³/mol. The van der Waals surface area contributed by atoms with Crippen LogP contribution in [0.3, 0.4) is 0 Å². The number of nitro groups is 1. The van der Waals surface area contributed by atoms with Crippen molar-refractivity contribution in [3.05, 3.63) is 34.5 Å². The molecule has 0 aliphatic carbocycles. The monoisotopic (exact) mass is 190 g/mol. The minimum Gasteiger partial charge on any atom is -0.397 e. The summed E-state index contributed by atoms with van der Waals surface area (Å²) < 4.78 is 0. The van der Waals surface area contributed by atoms with Crippen molar-refractivity contribution in [2.75, 3.05) is 5.73 Å². The number of anilines is 1. The molecule has 0 saturated heterocycles. The average Bonchev–Trinajstić information content (AvgIpc) is 2.17. The summed E-state index contributed by atoms with van der Waals surface area (Å²) in [5, 5.41) is 18.4. The van der Waals surface area contributed by atoms with E-state index in [0.29, 0.717) is 10.9 Å². The molecular formula is C8H6N4O2. The number of nitrogen functional groups attached to an aromatic ring is 1. The molecule has 1 aromatic heterocycles. The van der Waals surface area contributed by atoms with Crippen molar-refractivity contribution >= 4 is 22.3 Å². The van der Waals surface area contributed by atoms with Gasteiger partial charge in [-0.15, -0.1) is 0 Å². The number of non-ortho nitro benzene ring substituents is 1. The third-order valence-electron chi connectivity index (χ3n) is 1.87. The van der Waals surface area contributed by atoms with Crippen molar-refractivity contribution in [2.45, 2.75) is 0 Å². The zero-order chi connectivity index (χ0) is 10.1. The van der Waals surface area contributed by atoms with Crippen LogP contribution in [0.5, 0.6) is 0 Å². The van der Waals surface area contributed by atoms with Crippen LogP contribution in [-0.2, 0) is 0 Å². The SMILES string of the molecule is Nc1cnnc2cccc([N+](=O)[O-])c12. The fourth-order valence-corrected chi connectivity index (χ4v) is 1.28. The summed E-state index contributed by atoms with van der Waals surface area (Å²) in [6, 6.07) is 4.57. The predicted octanol–water partition coefficient (Wildman–Crippen LogP) is 1.12. The van der Waals surface area contributed by atoms with Gasteiger partial charge in [-0.3, -0.25) is 10.1 Å². The van der Waals surface area contributed by atoms with Gasteiger partial charge in [0.15, 0.2) is 0 Å². The maximum Gasteiger partial charge on any atom is 0.280 e. The maximum atomic E-state index is 10.7. The van der Waals surface area contributed by atoms with E-state index in [1.54, 1.807) is 12.1 Å². The summed E-state index contributed by atoms with van der Waals surface area (Å²) in [6.07, 6.45) is 1.30. The molecule has 2 aromatic rings. The number of hydrogen-bond acceptors (Lipinski definition) is 5. The van der Waals surface area contributed by atoms with Gasteiger partial charge >= 0.3 is 0 Å². The number of hydrogen-bond donors (Lipinski definition) is 1. The summed E-state index contributed by atoms with van der Waals surface area (Å²) in [6.45, 7) is 0. The van der Waals surface area contributed by atoms with E-state index in [2.05, 4.69) is 10.2 Å². The second-order valence-corrected chi connectivity index (χ2v) is 2.73. The first-order chi connectivity index (χ1) is 6.70. The van der Waals surface area contributed by atoms with Crippen molar-refractivity contribution in [1.29, 1.82) is 0 Å². The van der Waals surface area contributed by atoms with Crippen LogP contribution >= 0.6 is 0 Å². The fraction of sp³-hybridized carbons (Fsp3) is 0. The lowest BCUT2D eigenvalue weighted by atomic mass is 10.2. The molecule has 1 heterocycles. The quantitative estimate of drug-likeness (QED) is 0.537. The Hall–Kier alpha value is -2.24. The Balaban J connectivity index is 2.91. The molecule has 6 nitrogen and oxygen atoms in total. The second kappa shape index (κ2) is 2.91. The van der Waals surface area contributed by atoms with Gasteiger partial charge in [-0.1, -0.05) is 6.07 Å². The van der Waals surface area contributed by atoms with Crippen LogP contribution < -0.4 is 5.73 Å². The van der Waals surface area contributed by atoms with Gasteiger partial charge in [0, 0.05) is 6.07 Å². The molecule has 0 amide bonds. The van der Waals surface area contributed by atoms with Crippen LogP contribution in [0.2, 0.25) is 0 Å². The highest BCUT2D eigenvalue weighted by atomic mass is 16.6. The molecule has 0 spiro atoms. The van der Waals surface area contributed by atoms with Crippen molar-refractivity contribution in [3.8, 4) is 0 Å².